The van der Waals surface area contributed by atoms with Gasteiger partial charge in [-0.05, 0) is 55.7 Å². The summed E-state index contributed by atoms with van der Waals surface area (Å²) in [4.78, 5) is 28.7. The Bertz CT molecular complexity index is 1220. The average Bonchev–Trinajstić information content (AvgIpc) is 3.23. The van der Waals surface area contributed by atoms with Crippen LogP contribution >= 0.6 is 0 Å². The van der Waals surface area contributed by atoms with Gasteiger partial charge in [0.2, 0.25) is 10.0 Å². The number of halogens is 1. The van der Waals surface area contributed by atoms with Gasteiger partial charge >= 0.3 is 0 Å². The molecule has 12 heteroatoms. The number of nitro groups is 1. The van der Waals surface area contributed by atoms with Gasteiger partial charge in [0.05, 0.1) is 15.9 Å². The Labute approximate surface area is 195 Å². The lowest BCUT2D eigenvalue weighted by Crippen LogP contribution is -2.46. The molecule has 2 aliphatic rings. The number of carbonyl (C=O) groups is 1. The number of hydroxylamine groups is 1. The van der Waals surface area contributed by atoms with Crippen molar-refractivity contribution >= 4 is 21.6 Å². The molecule has 0 aliphatic carbocycles. The van der Waals surface area contributed by atoms with E-state index < -0.39 is 38.3 Å². The Morgan fingerprint density at radius 3 is 2.38 bits per heavy atom. The molecule has 1 unspecified atom stereocenters. The Balaban J connectivity index is 1.38. The molecule has 180 valence electrons. The molecule has 0 saturated carbocycles. The summed E-state index contributed by atoms with van der Waals surface area (Å²) in [5.41, 5.74) is 2.69. The van der Waals surface area contributed by atoms with Crippen LogP contribution in [-0.2, 0) is 19.7 Å². The van der Waals surface area contributed by atoms with Crippen molar-refractivity contribution in [1.29, 1.82) is 0 Å². The quantitative estimate of drug-likeness (QED) is 0.470. The minimum absolute atomic E-state index is 0.0196. The molecule has 2 aromatic rings. The summed E-state index contributed by atoms with van der Waals surface area (Å²) in [6.07, 6.45) is 2.32. The molecule has 1 amide bonds. The molecule has 0 aromatic heterocycles. The summed E-state index contributed by atoms with van der Waals surface area (Å²) >= 11 is 0. The van der Waals surface area contributed by atoms with E-state index in [0.717, 1.165) is 12.1 Å². The van der Waals surface area contributed by atoms with Crippen LogP contribution in [0.25, 0.3) is 0 Å². The topological polar surface area (TPSA) is 131 Å². The molecule has 1 fully saturated rings. The van der Waals surface area contributed by atoms with E-state index in [9.17, 15) is 27.7 Å². The van der Waals surface area contributed by atoms with E-state index in [1.54, 1.807) is 25.1 Å². The van der Waals surface area contributed by atoms with Gasteiger partial charge in [-0.1, -0.05) is 12.1 Å². The van der Waals surface area contributed by atoms with Crippen LogP contribution < -0.4 is 10.8 Å². The largest absolute Gasteiger partial charge is 0.344 e. The van der Waals surface area contributed by atoms with E-state index >= 15 is 0 Å². The number of hydrogen-bond acceptors (Lipinski definition) is 7. The molecule has 1 atom stereocenters. The molecule has 10 nitrogen and oxygen atoms in total. The lowest BCUT2D eigenvalue weighted by atomic mass is 9.92. The van der Waals surface area contributed by atoms with Gasteiger partial charge in [0.15, 0.2) is 0 Å². The Morgan fingerprint density at radius 1 is 1.18 bits per heavy atom. The molecular weight excluding hydrogens is 467 g/mol. The number of piperidine rings is 1. The van der Waals surface area contributed by atoms with Crippen molar-refractivity contribution in [2.45, 2.75) is 36.3 Å². The highest BCUT2D eigenvalue weighted by atomic mass is 32.2. The lowest BCUT2D eigenvalue weighted by Gasteiger charge is -2.35. The third kappa shape index (κ3) is 4.79. The Morgan fingerprint density at radius 2 is 1.79 bits per heavy atom. The van der Waals surface area contributed by atoms with Crippen LogP contribution in [0.2, 0.25) is 0 Å². The first-order chi connectivity index (χ1) is 16.1. The van der Waals surface area contributed by atoms with Crippen molar-refractivity contribution in [2.75, 3.05) is 13.1 Å². The Kier molecular flexibility index (Phi) is 6.39. The zero-order valence-electron chi connectivity index (χ0n) is 18.2. The number of benzene rings is 2. The number of hydrogen-bond donors (Lipinski definition) is 2. The van der Waals surface area contributed by atoms with Gasteiger partial charge < -0.3 is 5.32 Å². The summed E-state index contributed by atoms with van der Waals surface area (Å²) in [7, 11) is -3.76. The minimum atomic E-state index is -3.76. The zero-order valence-corrected chi connectivity index (χ0v) is 19.0. The van der Waals surface area contributed by atoms with Gasteiger partial charge in [-0.25, -0.2) is 12.8 Å². The van der Waals surface area contributed by atoms with Gasteiger partial charge in [0, 0.05) is 25.2 Å². The van der Waals surface area contributed by atoms with Crippen molar-refractivity contribution in [3.8, 4) is 0 Å². The fourth-order valence-electron chi connectivity index (χ4n) is 3.94. The molecule has 1 spiro atoms. The van der Waals surface area contributed by atoms with E-state index in [2.05, 4.69) is 10.8 Å². The number of nitrogens with one attached hydrogen (secondary N) is 2. The van der Waals surface area contributed by atoms with E-state index in [4.69, 9.17) is 4.84 Å². The third-order valence-corrected chi connectivity index (χ3v) is 7.90. The predicted molar refractivity (Wildman–Crippen MR) is 119 cm³/mol. The second-order valence-electron chi connectivity index (χ2n) is 8.23. The maximum atomic E-state index is 13.1. The molecule has 0 bridgehead atoms. The van der Waals surface area contributed by atoms with Crippen LogP contribution in [0.5, 0.6) is 0 Å². The van der Waals surface area contributed by atoms with Crippen LogP contribution in [-0.4, -0.2) is 42.2 Å². The highest BCUT2D eigenvalue weighted by Crippen LogP contribution is 2.34. The first kappa shape index (κ1) is 23.8. The molecular formula is C22H23FN4O6S. The highest BCUT2D eigenvalue weighted by molar-refractivity contribution is 7.89. The highest BCUT2D eigenvalue weighted by Gasteiger charge is 2.42. The molecule has 2 aliphatic heterocycles. The maximum Gasteiger partial charge on any atom is 0.269 e. The van der Waals surface area contributed by atoms with E-state index in [1.165, 1.54) is 28.6 Å². The van der Waals surface area contributed by atoms with E-state index in [-0.39, 0.29) is 29.4 Å². The third-order valence-electron chi connectivity index (χ3n) is 5.99. The molecule has 2 heterocycles. The number of amides is 1. The van der Waals surface area contributed by atoms with Crippen LogP contribution in [0.1, 0.15) is 31.4 Å². The second-order valence-corrected chi connectivity index (χ2v) is 10.2. The van der Waals surface area contributed by atoms with Crippen LogP contribution in [0.4, 0.5) is 10.1 Å². The van der Waals surface area contributed by atoms with Crippen molar-refractivity contribution < 1.29 is 27.4 Å². The summed E-state index contributed by atoms with van der Waals surface area (Å²) < 4.78 is 40.1. The standard InChI is InChI=1S/C22H23FN4O6S/c1-15(16-2-6-18(7-3-16)27(29)30)24-21(28)20-14-22(33-25-20)10-12-26(13-11-22)34(31,32)19-8-4-17(23)5-9-19/h2-9,14-15,25H,10-13H2,1H3,(H,24,28). The number of rotatable bonds is 6. The van der Waals surface area contributed by atoms with Gasteiger partial charge in [-0.15, -0.1) is 0 Å². The molecule has 2 aromatic carbocycles. The molecule has 2 N–H and O–H groups in total. The number of nitrogens with zero attached hydrogens (tertiary/aromatic N) is 2. The first-order valence-electron chi connectivity index (χ1n) is 10.6. The Hall–Kier alpha value is -3.35. The van der Waals surface area contributed by atoms with Crippen molar-refractivity contribution in [3.05, 3.63) is 81.8 Å². The molecule has 34 heavy (non-hydrogen) atoms. The molecule has 4 rings (SSSR count). The number of non-ortho nitro benzene ring substituents is 1. The molecule has 0 radical (unpaired) electrons. The zero-order chi connectivity index (χ0) is 24.5. The maximum absolute atomic E-state index is 13.1. The second kappa shape index (κ2) is 9.12. The van der Waals surface area contributed by atoms with Crippen LogP contribution in [0.3, 0.4) is 0 Å². The summed E-state index contributed by atoms with van der Waals surface area (Å²) in [5.74, 6) is -0.926. The lowest BCUT2D eigenvalue weighted by molar-refractivity contribution is -0.384. The predicted octanol–water partition coefficient (Wildman–Crippen LogP) is 2.55. The van der Waals surface area contributed by atoms with Crippen molar-refractivity contribution in [1.82, 2.24) is 15.1 Å². The SMILES string of the molecule is CC(NC(=O)C1=CC2(CCN(S(=O)(=O)c3ccc(F)cc3)CC2)ON1)c1ccc([N+](=O)[O-])cc1. The van der Waals surface area contributed by atoms with E-state index in [0.29, 0.717) is 18.4 Å². The number of sulfonamides is 1. The number of carbonyl (C=O) groups excluding carboxylic acids is 1. The number of nitro benzene ring substituents is 1. The minimum Gasteiger partial charge on any atom is -0.344 e. The average molecular weight is 491 g/mol. The fraction of sp³-hybridized carbons (Fsp3) is 0.318. The molecule has 1 saturated heterocycles. The van der Waals surface area contributed by atoms with Crippen molar-refractivity contribution in [2.24, 2.45) is 0 Å². The summed E-state index contributed by atoms with van der Waals surface area (Å²) in [6, 6.07) is 10.2. The van der Waals surface area contributed by atoms with Gasteiger partial charge in [-0.3, -0.25) is 25.2 Å². The van der Waals surface area contributed by atoms with Gasteiger partial charge in [0.1, 0.15) is 17.1 Å². The van der Waals surface area contributed by atoms with Gasteiger partial charge in [-0.2, -0.15) is 4.31 Å². The monoisotopic (exact) mass is 490 g/mol. The van der Waals surface area contributed by atoms with E-state index in [1.807, 2.05) is 0 Å². The van der Waals surface area contributed by atoms with Crippen molar-refractivity contribution in [3.63, 3.8) is 0 Å². The summed E-state index contributed by atoms with van der Waals surface area (Å²) in [6.45, 7) is 2.10. The van der Waals surface area contributed by atoms with Gasteiger partial charge in [0.25, 0.3) is 11.6 Å². The summed E-state index contributed by atoms with van der Waals surface area (Å²) in [5, 5.41) is 13.6. The normalized spacial score (nSPS) is 18.7. The first-order valence-corrected chi connectivity index (χ1v) is 12.0. The van der Waals surface area contributed by atoms with Crippen LogP contribution in [0, 0.1) is 15.9 Å². The fourth-order valence-corrected chi connectivity index (χ4v) is 5.38. The smallest absolute Gasteiger partial charge is 0.269 e. The van der Waals surface area contributed by atoms with Crippen LogP contribution in [0.15, 0.2) is 65.2 Å².